The summed E-state index contributed by atoms with van der Waals surface area (Å²) < 4.78 is 1.71. The largest absolute Gasteiger partial charge is 0.352 e. The summed E-state index contributed by atoms with van der Waals surface area (Å²) in [5.41, 5.74) is 3.00. The number of para-hydroxylation sites is 1. The number of rotatable bonds is 9. The molecule has 0 atom stereocenters. The number of fused-ring (bicyclic) bond motifs is 1. The van der Waals surface area contributed by atoms with E-state index in [4.69, 9.17) is 0 Å². The Morgan fingerprint density at radius 3 is 2.45 bits per heavy atom. The predicted octanol–water partition coefficient (Wildman–Crippen LogP) is 2.94. The van der Waals surface area contributed by atoms with Crippen molar-refractivity contribution >= 4 is 16.8 Å². The van der Waals surface area contributed by atoms with E-state index in [9.17, 15) is 9.59 Å². The van der Waals surface area contributed by atoms with Gasteiger partial charge in [-0.2, -0.15) is 5.10 Å². The molecule has 0 aliphatic heterocycles. The monoisotopic (exact) mass is 392 g/mol. The van der Waals surface area contributed by atoms with Gasteiger partial charge in [0, 0.05) is 24.9 Å². The third kappa shape index (κ3) is 5.51. The van der Waals surface area contributed by atoms with Gasteiger partial charge in [0.15, 0.2) is 0 Å². The average Bonchev–Trinajstić information content (AvgIpc) is 2.76. The molecule has 0 fully saturated rings. The van der Waals surface area contributed by atoms with Crippen LogP contribution in [0.4, 0.5) is 0 Å². The zero-order valence-corrected chi connectivity index (χ0v) is 17.1. The van der Waals surface area contributed by atoms with E-state index in [-0.39, 0.29) is 11.3 Å². The molecule has 152 valence electrons. The van der Waals surface area contributed by atoms with Crippen LogP contribution < -0.4 is 10.7 Å². The fraction of sp³-hybridized carbons (Fsp3) is 0.348. The molecule has 0 aliphatic rings. The van der Waals surface area contributed by atoms with Gasteiger partial charge in [-0.1, -0.05) is 50.2 Å². The number of nitrogens with zero attached hydrogens (tertiary/aromatic N) is 3. The van der Waals surface area contributed by atoms with Gasteiger partial charge in [-0.3, -0.25) is 19.2 Å². The Morgan fingerprint density at radius 2 is 1.72 bits per heavy atom. The lowest BCUT2D eigenvalue weighted by Crippen LogP contribution is -2.25. The maximum absolute atomic E-state index is 12.3. The summed E-state index contributed by atoms with van der Waals surface area (Å²) in [6.45, 7) is 8.28. The molecule has 29 heavy (non-hydrogen) atoms. The zero-order chi connectivity index (χ0) is 20.6. The molecule has 6 heteroatoms. The number of nitrogens with one attached hydrogen (secondary N) is 1. The number of benzene rings is 2. The highest BCUT2D eigenvalue weighted by atomic mass is 16.1. The van der Waals surface area contributed by atoms with E-state index in [0.717, 1.165) is 30.7 Å². The fourth-order valence-corrected chi connectivity index (χ4v) is 3.30. The SMILES string of the molecule is CCN(CC)Cc1ccc(CNC(=O)CCn2ncc(=O)c3ccccc32)cc1. The molecule has 0 saturated heterocycles. The second-order valence-corrected chi connectivity index (χ2v) is 7.05. The van der Waals surface area contributed by atoms with Crippen LogP contribution in [-0.2, 0) is 24.4 Å². The first-order valence-electron chi connectivity index (χ1n) is 10.1. The van der Waals surface area contributed by atoms with E-state index in [1.165, 1.54) is 11.8 Å². The van der Waals surface area contributed by atoms with Crippen molar-refractivity contribution < 1.29 is 4.79 Å². The van der Waals surface area contributed by atoms with Crippen LogP contribution in [0.2, 0.25) is 0 Å². The molecule has 0 bridgehead atoms. The number of amides is 1. The first-order chi connectivity index (χ1) is 14.1. The molecule has 3 aromatic rings. The van der Waals surface area contributed by atoms with Gasteiger partial charge >= 0.3 is 0 Å². The molecule has 1 heterocycles. The van der Waals surface area contributed by atoms with Crippen LogP contribution in [-0.4, -0.2) is 33.7 Å². The van der Waals surface area contributed by atoms with Gasteiger partial charge in [0.25, 0.3) is 0 Å². The highest BCUT2D eigenvalue weighted by Gasteiger charge is 2.07. The van der Waals surface area contributed by atoms with Crippen LogP contribution in [0.15, 0.2) is 59.5 Å². The molecule has 3 rings (SSSR count). The van der Waals surface area contributed by atoms with Gasteiger partial charge in [-0.15, -0.1) is 0 Å². The number of hydrogen-bond donors (Lipinski definition) is 1. The van der Waals surface area contributed by atoms with Crippen molar-refractivity contribution in [1.82, 2.24) is 20.0 Å². The number of hydrogen-bond acceptors (Lipinski definition) is 4. The van der Waals surface area contributed by atoms with Crippen molar-refractivity contribution in [3.63, 3.8) is 0 Å². The number of aromatic nitrogens is 2. The van der Waals surface area contributed by atoms with Crippen LogP contribution in [0, 0.1) is 0 Å². The molecular formula is C23H28N4O2. The van der Waals surface area contributed by atoms with Crippen LogP contribution in [0.3, 0.4) is 0 Å². The van der Waals surface area contributed by atoms with Gasteiger partial charge in [0.2, 0.25) is 11.3 Å². The molecule has 0 saturated carbocycles. The molecule has 0 unspecified atom stereocenters. The lowest BCUT2D eigenvalue weighted by atomic mass is 10.1. The van der Waals surface area contributed by atoms with Gasteiger partial charge in [0.05, 0.1) is 18.3 Å². The second-order valence-electron chi connectivity index (χ2n) is 7.05. The number of carbonyl (C=O) groups excluding carboxylic acids is 1. The van der Waals surface area contributed by atoms with Crippen molar-refractivity contribution in [3.8, 4) is 0 Å². The Bertz CT molecular complexity index is 1010. The van der Waals surface area contributed by atoms with Crippen molar-refractivity contribution in [3.05, 3.63) is 76.1 Å². The summed E-state index contributed by atoms with van der Waals surface area (Å²) >= 11 is 0. The van der Waals surface area contributed by atoms with E-state index in [0.29, 0.717) is 24.9 Å². The van der Waals surface area contributed by atoms with Crippen molar-refractivity contribution in [2.45, 2.75) is 39.9 Å². The smallest absolute Gasteiger partial charge is 0.222 e. The third-order valence-corrected chi connectivity index (χ3v) is 5.13. The summed E-state index contributed by atoms with van der Waals surface area (Å²) in [5.74, 6) is -0.0400. The molecule has 0 aliphatic carbocycles. The summed E-state index contributed by atoms with van der Waals surface area (Å²) in [6, 6.07) is 15.7. The lowest BCUT2D eigenvalue weighted by Gasteiger charge is -2.18. The maximum atomic E-state index is 12.3. The normalized spacial score (nSPS) is 11.1. The highest BCUT2D eigenvalue weighted by Crippen LogP contribution is 2.09. The Hall–Kier alpha value is -2.99. The average molecular weight is 393 g/mol. The Labute approximate surface area is 171 Å². The first kappa shape index (κ1) is 20.7. The van der Waals surface area contributed by atoms with Crippen molar-refractivity contribution in [2.75, 3.05) is 13.1 Å². The highest BCUT2D eigenvalue weighted by molar-refractivity contribution is 5.79. The molecule has 6 nitrogen and oxygen atoms in total. The van der Waals surface area contributed by atoms with Crippen LogP contribution in [0.5, 0.6) is 0 Å². The quantitative estimate of drug-likeness (QED) is 0.608. The Balaban J connectivity index is 1.52. The predicted molar refractivity (Wildman–Crippen MR) is 116 cm³/mol. The standard InChI is InChI=1S/C23H28N4O2/c1-3-26(4-2)17-19-11-9-18(10-12-19)15-24-23(29)13-14-27-21-8-6-5-7-20(21)22(28)16-25-27/h5-12,16H,3-4,13-15,17H2,1-2H3,(H,24,29). The van der Waals surface area contributed by atoms with Gasteiger partial charge < -0.3 is 5.32 Å². The summed E-state index contributed by atoms with van der Waals surface area (Å²) in [4.78, 5) is 26.5. The summed E-state index contributed by atoms with van der Waals surface area (Å²) in [6.07, 6.45) is 1.61. The molecule has 1 amide bonds. The molecule has 0 spiro atoms. The van der Waals surface area contributed by atoms with Crippen LogP contribution in [0.1, 0.15) is 31.4 Å². The Kier molecular flexibility index (Phi) is 7.14. The van der Waals surface area contributed by atoms with E-state index < -0.39 is 0 Å². The third-order valence-electron chi connectivity index (χ3n) is 5.13. The first-order valence-corrected chi connectivity index (χ1v) is 10.1. The minimum absolute atomic E-state index is 0.0400. The molecule has 0 radical (unpaired) electrons. The lowest BCUT2D eigenvalue weighted by molar-refractivity contribution is -0.121. The fourth-order valence-electron chi connectivity index (χ4n) is 3.30. The molecule has 1 aromatic heterocycles. The number of aryl methyl sites for hydroxylation is 1. The van der Waals surface area contributed by atoms with Crippen LogP contribution >= 0.6 is 0 Å². The summed E-state index contributed by atoms with van der Waals surface area (Å²) in [5, 5.41) is 7.74. The topological polar surface area (TPSA) is 67.2 Å². The Morgan fingerprint density at radius 1 is 1.03 bits per heavy atom. The van der Waals surface area contributed by atoms with Gasteiger partial charge in [0.1, 0.15) is 0 Å². The van der Waals surface area contributed by atoms with Gasteiger partial charge in [-0.25, -0.2) is 0 Å². The van der Waals surface area contributed by atoms with Crippen molar-refractivity contribution in [2.24, 2.45) is 0 Å². The van der Waals surface area contributed by atoms with E-state index >= 15 is 0 Å². The number of carbonyl (C=O) groups is 1. The maximum Gasteiger partial charge on any atom is 0.222 e. The molecule has 2 aromatic carbocycles. The summed E-state index contributed by atoms with van der Waals surface area (Å²) in [7, 11) is 0. The van der Waals surface area contributed by atoms with E-state index in [1.54, 1.807) is 10.7 Å². The zero-order valence-electron chi connectivity index (χ0n) is 17.1. The van der Waals surface area contributed by atoms with E-state index in [1.807, 2.05) is 18.2 Å². The second kappa shape index (κ2) is 9.98. The van der Waals surface area contributed by atoms with Gasteiger partial charge in [-0.05, 0) is 36.3 Å². The minimum Gasteiger partial charge on any atom is -0.352 e. The van der Waals surface area contributed by atoms with Crippen LogP contribution in [0.25, 0.3) is 10.9 Å². The minimum atomic E-state index is -0.106. The molecule has 1 N–H and O–H groups in total. The molecular weight excluding hydrogens is 364 g/mol. The van der Waals surface area contributed by atoms with E-state index in [2.05, 4.69) is 53.4 Å². The van der Waals surface area contributed by atoms with Crippen molar-refractivity contribution in [1.29, 1.82) is 0 Å².